The first-order chi connectivity index (χ1) is 10.5. The number of pyridine rings is 1. The minimum absolute atomic E-state index is 0.0883. The Bertz CT molecular complexity index is 980. The van der Waals surface area contributed by atoms with E-state index in [4.69, 9.17) is 4.42 Å². The van der Waals surface area contributed by atoms with Gasteiger partial charge in [-0.3, -0.25) is 4.40 Å². The summed E-state index contributed by atoms with van der Waals surface area (Å²) in [6, 6.07) is 3.03. The molecule has 0 fully saturated rings. The van der Waals surface area contributed by atoms with E-state index >= 15 is 0 Å². The van der Waals surface area contributed by atoms with Gasteiger partial charge in [-0.2, -0.15) is 26.3 Å². The Balaban J connectivity index is 2.57. The van der Waals surface area contributed by atoms with Gasteiger partial charge in [-0.1, -0.05) is 0 Å². The third-order valence-corrected chi connectivity index (χ3v) is 3.25. The number of nitrogens with zero attached hydrogens (tertiary/aromatic N) is 2. The monoisotopic (exact) mass is 336 g/mol. The van der Waals surface area contributed by atoms with Gasteiger partial charge >= 0.3 is 18.0 Å². The molecule has 122 valence electrons. The molecule has 0 aromatic carbocycles. The van der Waals surface area contributed by atoms with Crippen molar-refractivity contribution in [1.82, 2.24) is 9.38 Å². The zero-order valence-corrected chi connectivity index (χ0v) is 11.2. The highest BCUT2D eigenvalue weighted by atomic mass is 19.4. The fourth-order valence-corrected chi connectivity index (χ4v) is 2.30. The molecular formula is C13H6F6N2O2. The van der Waals surface area contributed by atoms with Crippen LogP contribution in [0.5, 0.6) is 0 Å². The summed E-state index contributed by atoms with van der Waals surface area (Å²) in [6.07, 6.45) is -10.7. The summed E-state index contributed by atoms with van der Waals surface area (Å²) in [7, 11) is 0. The molecule has 0 amide bonds. The van der Waals surface area contributed by atoms with Crippen LogP contribution in [0.25, 0.3) is 16.7 Å². The molecule has 0 unspecified atom stereocenters. The molecule has 4 nitrogen and oxygen atoms in total. The van der Waals surface area contributed by atoms with Crippen LogP contribution in [0.1, 0.15) is 17.0 Å². The van der Waals surface area contributed by atoms with Crippen molar-refractivity contribution in [3.63, 3.8) is 0 Å². The summed E-state index contributed by atoms with van der Waals surface area (Å²) in [5.74, 6) is 0. The molecule has 10 heteroatoms. The van der Waals surface area contributed by atoms with E-state index in [9.17, 15) is 31.1 Å². The third-order valence-electron chi connectivity index (χ3n) is 3.25. The SMILES string of the molecule is Cc1ccc2oc(=O)c3nc(C(F)(F)F)c(C(F)(F)F)cc3n12. The Labute approximate surface area is 123 Å². The maximum Gasteiger partial charge on any atom is 0.433 e. The molecule has 0 aliphatic carbocycles. The van der Waals surface area contributed by atoms with Gasteiger partial charge in [0, 0.05) is 11.8 Å². The van der Waals surface area contributed by atoms with E-state index in [0.717, 1.165) is 4.40 Å². The van der Waals surface area contributed by atoms with Crippen LogP contribution in [0.2, 0.25) is 0 Å². The summed E-state index contributed by atoms with van der Waals surface area (Å²) in [5, 5.41) is 0. The van der Waals surface area contributed by atoms with Crippen molar-refractivity contribution in [2.45, 2.75) is 19.3 Å². The molecule has 3 aromatic rings. The lowest BCUT2D eigenvalue weighted by Gasteiger charge is -2.15. The molecular weight excluding hydrogens is 330 g/mol. The summed E-state index contributed by atoms with van der Waals surface area (Å²) < 4.78 is 83.4. The molecule has 3 aromatic heterocycles. The molecule has 0 aliphatic rings. The Kier molecular flexibility index (Phi) is 3.00. The zero-order chi connectivity index (χ0) is 17.2. The summed E-state index contributed by atoms with van der Waals surface area (Å²) in [5.41, 5.74) is -6.31. The highest BCUT2D eigenvalue weighted by Crippen LogP contribution is 2.40. The topological polar surface area (TPSA) is 47.5 Å². The number of alkyl halides is 6. The largest absolute Gasteiger partial charge is 0.433 e. The van der Waals surface area contributed by atoms with E-state index in [0.29, 0.717) is 5.69 Å². The fourth-order valence-electron chi connectivity index (χ4n) is 2.30. The first-order valence-electron chi connectivity index (χ1n) is 6.10. The lowest BCUT2D eigenvalue weighted by Crippen LogP contribution is -2.21. The van der Waals surface area contributed by atoms with E-state index in [1.54, 1.807) is 0 Å². The third kappa shape index (κ3) is 2.34. The van der Waals surface area contributed by atoms with Crippen molar-refractivity contribution in [3.8, 4) is 0 Å². The van der Waals surface area contributed by atoms with Crippen LogP contribution in [0.3, 0.4) is 0 Å². The second kappa shape index (κ2) is 4.49. The molecule has 0 N–H and O–H groups in total. The van der Waals surface area contributed by atoms with Crippen molar-refractivity contribution in [2.24, 2.45) is 0 Å². The van der Waals surface area contributed by atoms with Gasteiger partial charge in [0.25, 0.3) is 0 Å². The van der Waals surface area contributed by atoms with Crippen LogP contribution < -0.4 is 5.63 Å². The van der Waals surface area contributed by atoms with E-state index < -0.39 is 40.3 Å². The maximum atomic E-state index is 13.0. The summed E-state index contributed by atoms with van der Waals surface area (Å²) >= 11 is 0. The predicted octanol–water partition coefficient (Wildman–Crippen LogP) is 3.79. The normalized spacial score (nSPS) is 13.2. The highest BCUT2D eigenvalue weighted by molar-refractivity contribution is 5.77. The van der Waals surface area contributed by atoms with Gasteiger partial charge in [0.15, 0.2) is 11.2 Å². The van der Waals surface area contributed by atoms with Crippen LogP contribution in [0, 0.1) is 6.92 Å². The molecule has 0 atom stereocenters. The number of rotatable bonds is 0. The second-order valence-electron chi connectivity index (χ2n) is 4.79. The fraction of sp³-hybridized carbons (Fsp3) is 0.231. The number of aryl methyl sites for hydroxylation is 1. The van der Waals surface area contributed by atoms with Crippen molar-refractivity contribution in [3.05, 3.63) is 45.6 Å². The quantitative estimate of drug-likeness (QED) is 0.587. The van der Waals surface area contributed by atoms with Crippen molar-refractivity contribution in [2.75, 3.05) is 0 Å². The Morgan fingerprint density at radius 1 is 1.09 bits per heavy atom. The molecule has 23 heavy (non-hydrogen) atoms. The van der Waals surface area contributed by atoms with E-state index in [-0.39, 0.29) is 11.8 Å². The minimum atomic E-state index is -5.37. The Hall–Kier alpha value is -2.52. The van der Waals surface area contributed by atoms with E-state index in [1.165, 1.54) is 19.1 Å². The first kappa shape index (κ1) is 15.4. The minimum Gasteiger partial charge on any atom is -0.404 e. The van der Waals surface area contributed by atoms with Crippen LogP contribution in [-0.4, -0.2) is 9.38 Å². The van der Waals surface area contributed by atoms with Crippen LogP contribution in [0.15, 0.2) is 27.4 Å². The van der Waals surface area contributed by atoms with Gasteiger partial charge in [-0.05, 0) is 19.1 Å². The number of hydrogen-bond donors (Lipinski definition) is 0. The van der Waals surface area contributed by atoms with Gasteiger partial charge in [0.1, 0.15) is 0 Å². The molecule has 0 radical (unpaired) electrons. The highest BCUT2D eigenvalue weighted by Gasteiger charge is 2.45. The average molecular weight is 336 g/mol. The molecule has 0 saturated carbocycles. The van der Waals surface area contributed by atoms with Crippen molar-refractivity contribution < 1.29 is 30.8 Å². The Morgan fingerprint density at radius 2 is 1.74 bits per heavy atom. The first-order valence-corrected chi connectivity index (χ1v) is 6.10. The van der Waals surface area contributed by atoms with Gasteiger partial charge in [-0.15, -0.1) is 0 Å². The molecule has 0 bridgehead atoms. The zero-order valence-electron chi connectivity index (χ0n) is 11.2. The lowest BCUT2D eigenvalue weighted by atomic mass is 10.1. The molecule has 0 saturated heterocycles. The Morgan fingerprint density at radius 3 is 2.30 bits per heavy atom. The second-order valence-corrected chi connectivity index (χ2v) is 4.79. The predicted molar refractivity (Wildman–Crippen MR) is 66.0 cm³/mol. The molecule has 0 spiro atoms. The van der Waals surface area contributed by atoms with Crippen LogP contribution in [-0.2, 0) is 12.4 Å². The van der Waals surface area contributed by atoms with Gasteiger partial charge in [-0.25, -0.2) is 9.78 Å². The standard InChI is InChI=1S/C13H6F6N2O2/c1-5-2-3-8-21(5)7-4-6(12(14,15)16)10(13(17,18)19)20-9(7)11(22)23-8/h2-4H,1H3. The number of fused-ring (bicyclic) bond motifs is 3. The van der Waals surface area contributed by atoms with Gasteiger partial charge < -0.3 is 4.42 Å². The number of hydrogen-bond acceptors (Lipinski definition) is 3. The van der Waals surface area contributed by atoms with Crippen LogP contribution in [0.4, 0.5) is 26.3 Å². The van der Waals surface area contributed by atoms with E-state index in [1.807, 2.05) is 0 Å². The lowest BCUT2D eigenvalue weighted by molar-refractivity contribution is -0.164. The van der Waals surface area contributed by atoms with E-state index in [2.05, 4.69) is 4.98 Å². The number of aromatic nitrogens is 2. The van der Waals surface area contributed by atoms with Gasteiger partial charge in [0.2, 0.25) is 5.71 Å². The molecule has 3 rings (SSSR count). The van der Waals surface area contributed by atoms with Crippen molar-refractivity contribution in [1.29, 1.82) is 0 Å². The summed E-state index contributed by atoms with van der Waals surface area (Å²) in [4.78, 5) is 14.7. The molecule has 3 heterocycles. The summed E-state index contributed by atoms with van der Waals surface area (Å²) in [6.45, 7) is 1.50. The smallest absolute Gasteiger partial charge is 0.404 e. The van der Waals surface area contributed by atoms with Crippen LogP contribution >= 0.6 is 0 Å². The number of halogens is 6. The maximum absolute atomic E-state index is 13.0. The molecule has 0 aliphatic heterocycles. The van der Waals surface area contributed by atoms with Crippen molar-refractivity contribution >= 4 is 16.7 Å². The average Bonchev–Trinajstić information content (AvgIpc) is 2.77. The van der Waals surface area contributed by atoms with Gasteiger partial charge in [0.05, 0.1) is 11.1 Å².